The third kappa shape index (κ3) is 4.17. The van der Waals surface area contributed by atoms with Gasteiger partial charge in [0.2, 0.25) is 0 Å². The molecular formula is C24H20N4O3S. The number of para-hydroxylation sites is 1. The predicted octanol–water partition coefficient (Wildman–Crippen LogP) is 2.83. The number of thiocarbonyl (C=S) groups is 1. The molecule has 32 heavy (non-hydrogen) atoms. The zero-order chi connectivity index (χ0) is 22.7. The molecule has 1 fully saturated rings. The second-order valence-corrected chi connectivity index (χ2v) is 7.69. The number of nitrogens with zero attached hydrogens (tertiary/aromatic N) is 3. The van der Waals surface area contributed by atoms with Crippen LogP contribution in [-0.4, -0.2) is 46.7 Å². The molecule has 0 atom stereocenters. The third-order valence-electron chi connectivity index (χ3n) is 5.26. The fourth-order valence-corrected chi connectivity index (χ4v) is 3.90. The fraction of sp³-hybridized carbons (Fsp3) is 0.167. The summed E-state index contributed by atoms with van der Waals surface area (Å²) >= 11 is 5.15. The Balaban J connectivity index is 1.72. The molecule has 160 valence electrons. The van der Waals surface area contributed by atoms with Gasteiger partial charge >= 0.3 is 0 Å². The Hall–Kier alpha value is -3.80. The van der Waals surface area contributed by atoms with Crippen molar-refractivity contribution in [3.8, 4) is 6.07 Å². The highest BCUT2D eigenvalue weighted by Gasteiger charge is 2.33. The van der Waals surface area contributed by atoms with E-state index in [0.29, 0.717) is 18.7 Å². The number of carbonyl (C=O) groups excluding carboxylic acids is 2. The number of nitriles is 1. The van der Waals surface area contributed by atoms with Crippen molar-refractivity contribution in [3.63, 3.8) is 0 Å². The van der Waals surface area contributed by atoms with E-state index in [9.17, 15) is 9.59 Å². The summed E-state index contributed by atoms with van der Waals surface area (Å²) in [6, 6.07) is 17.3. The lowest BCUT2D eigenvalue weighted by molar-refractivity contribution is -0.129. The lowest BCUT2D eigenvalue weighted by atomic mass is 10.1. The predicted molar refractivity (Wildman–Crippen MR) is 125 cm³/mol. The van der Waals surface area contributed by atoms with Crippen molar-refractivity contribution in [1.29, 1.82) is 5.26 Å². The van der Waals surface area contributed by atoms with E-state index in [1.165, 1.54) is 12.0 Å². The molecule has 1 saturated heterocycles. The van der Waals surface area contributed by atoms with Crippen LogP contribution < -0.4 is 5.32 Å². The van der Waals surface area contributed by atoms with Crippen molar-refractivity contribution in [1.82, 2.24) is 14.8 Å². The SMILES string of the molecule is COCCN1C(=O)C(=Cc2cn(Cc3ccc(C#N)cc3)c3ccccc23)C(=O)NC1=S. The van der Waals surface area contributed by atoms with E-state index < -0.39 is 11.8 Å². The van der Waals surface area contributed by atoms with E-state index in [4.69, 9.17) is 22.2 Å². The van der Waals surface area contributed by atoms with Crippen molar-refractivity contribution in [3.05, 3.63) is 77.0 Å². The molecule has 0 saturated carbocycles. The lowest BCUT2D eigenvalue weighted by Crippen LogP contribution is -2.54. The normalized spacial score (nSPS) is 15.3. The summed E-state index contributed by atoms with van der Waals surface area (Å²) in [6.45, 7) is 1.14. The van der Waals surface area contributed by atoms with Crippen LogP contribution in [0.15, 0.2) is 60.3 Å². The number of rotatable bonds is 6. The van der Waals surface area contributed by atoms with Gasteiger partial charge in [-0.3, -0.25) is 19.8 Å². The molecule has 1 aliphatic rings. The van der Waals surface area contributed by atoms with Gasteiger partial charge in [0.15, 0.2) is 5.11 Å². The molecule has 2 heterocycles. The molecule has 1 N–H and O–H groups in total. The lowest BCUT2D eigenvalue weighted by Gasteiger charge is -2.28. The summed E-state index contributed by atoms with van der Waals surface area (Å²) in [4.78, 5) is 26.9. The molecule has 0 spiro atoms. The van der Waals surface area contributed by atoms with Gasteiger partial charge in [-0.1, -0.05) is 30.3 Å². The largest absolute Gasteiger partial charge is 0.383 e. The Kier molecular flexibility index (Phi) is 6.12. The van der Waals surface area contributed by atoms with E-state index in [1.54, 1.807) is 18.2 Å². The number of amides is 2. The molecule has 0 aliphatic carbocycles. The van der Waals surface area contributed by atoms with Crippen LogP contribution in [0.1, 0.15) is 16.7 Å². The Labute approximate surface area is 190 Å². The average molecular weight is 445 g/mol. The van der Waals surface area contributed by atoms with Crippen molar-refractivity contribution in [2.24, 2.45) is 0 Å². The highest BCUT2D eigenvalue weighted by Crippen LogP contribution is 2.26. The van der Waals surface area contributed by atoms with Gasteiger partial charge in [0.05, 0.1) is 24.8 Å². The molecule has 0 bridgehead atoms. The number of benzene rings is 2. The molecule has 2 amide bonds. The van der Waals surface area contributed by atoms with Crippen molar-refractivity contribution >= 4 is 46.1 Å². The van der Waals surface area contributed by atoms with Gasteiger partial charge in [0, 0.05) is 36.3 Å². The van der Waals surface area contributed by atoms with Gasteiger partial charge in [-0.25, -0.2) is 0 Å². The minimum atomic E-state index is -0.516. The topological polar surface area (TPSA) is 87.4 Å². The first-order valence-electron chi connectivity index (χ1n) is 9.96. The summed E-state index contributed by atoms with van der Waals surface area (Å²) in [5.74, 6) is -0.961. The van der Waals surface area contributed by atoms with E-state index in [1.807, 2.05) is 42.6 Å². The van der Waals surface area contributed by atoms with Crippen LogP contribution in [0.2, 0.25) is 0 Å². The van der Waals surface area contributed by atoms with Crippen LogP contribution in [0.4, 0.5) is 0 Å². The molecule has 8 heteroatoms. The van der Waals surface area contributed by atoms with Crippen LogP contribution in [-0.2, 0) is 20.9 Å². The standard InChI is InChI=1S/C24H20N4O3S/c1-31-11-10-28-23(30)20(22(29)26-24(28)32)12-18-15-27(21-5-3-2-4-19(18)21)14-17-8-6-16(13-25)7-9-17/h2-9,12,15H,10-11,14H2,1H3,(H,26,29,32). The first-order chi connectivity index (χ1) is 15.5. The second kappa shape index (κ2) is 9.14. The number of hydrogen-bond donors (Lipinski definition) is 1. The molecule has 2 aromatic carbocycles. The Morgan fingerprint density at radius 2 is 1.91 bits per heavy atom. The minimum Gasteiger partial charge on any atom is -0.383 e. The number of nitrogens with one attached hydrogen (secondary N) is 1. The maximum atomic E-state index is 13.0. The van der Waals surface area contributed by atoms with Crippen LogP contribution in [0, 0.1) is 11.3 Å². The van der Waals surface area contributed by atoms with E-state index in [0.717, 1.165) is 22.0 Å². The number of carbonyl (C=O) groups is 2. The summed E-state index contributed by atoms with van der Waals surface area (Å²) < 4.78 is 7.10. The van der Waals surface area contributed by atoms with E-state index in [2.05, 4.69) is 16.0 Å². The molecular weight excluding hydrogens is 424 g/mol. The average Bonchev–Trinajstić information content (AvgIpc) is 3.14. The highest BCUT2D eigenvalue weighted by atomic mass is 32.1. The maximum Gasteiger partial charge on any atom is 0.265 e. The zero-order valence-corrected chi connectivity index (χ0v) is 18.2. The molecule has 0 unspecified atom stereocenters. The first kappa shape index (κ1) is 21.4. The monoisotopic (exact) mass is 444 g/mol. The molecule has 3 aromatic rings. The quantitative estimate of drug-likeness (QED) is 0.359. The summed E-state index contributed by atoms with van der Waals surface area (Å²) in [5.41, 5.74) is 3.39. The Morgan fingerprint density at radius 1 is 1.16 bits per heavy atom. The number of fused-ring (bicyclic) bond motifs is 1. The van der Waals surface area contributed by atoms with Crippen LogP contribution in [0.3, 0.4) is 0 Å². The first-order valence-corrected chi connectivity index (χ1v) is 10.4. The van der Waals surface area contributed by atoms with Gasteiger partial charge in [-0.05, 0) is 42.1 Å². The molecule has 7 nitrogen and oxygen atoms in total. The molecule has 1 aromatic heterocycles. The second-order valence-electron chi connectivity index (χ2n) is 7.31. The van der Waals surface area contributed by atoms with E-state index in [-0.39, 0.29) is 17.2 Å². The third-order valence-corrected chi connectivity index (χ3v) is 5.58. The Bertz CT molecular complexity index is 1280. The summed E-state index contributed by atoms with van der Waals surface area (Å²) in [5, 5.41) is 12.6. The van der Waals surface area contributed by atoms with Crippen molar-refractivity contribution < 1.29 is 14.3 Å². The van der Waals surface area contributed by atoms with Crippen LogP contribution in [0.25, 0.3) is 17.0 Å². The van der Waals surface area contributed by atoms with Crippen molar-refractivity contribution in [2.75, 3.05) is 20.3 Å². The van der Waals surface area contributed by atoms with Crippen LogP contribution in [0.5, 0.6) is 0 Å². The molecule has 4 rings (SSSR count). The number of hydrogen-bond acceptors (Lipinski definition) is 5. The van der Waals surface area contributed by atoms with Gasteiger partial charge in [0.25, 0.3) is 11.8 Å². The maximum absolute atomic E-state index is 13.0. The van der Waals surface area contributed by atoms with E-state index >= 15 is 0 Å². The highest BCUT2D eigenvalue weighted by molar-refractivity contribution is 7.80. The summed E-state index contributed by atoms with van der Waals surface area (Å²) in [6.07, 6.45) is 3.53. The van der Waals surface area contributed by atoms with Gasteiger partial charge in [-0.2, -0.15) is 5.26 Å². The van der Waals surface area contributed by atoms with Gasteiger partial charge in [-0.15, -0.1) is 0 Å². The number of aromatic nitrogens is 1. The number of ether oxygens (including phenoxy) is 1. The van der Waals surface area contributed by atoms with Gasteiger partial charge < -0.3 is 9.30 Å². The van der Waals surface area contributed by atoms with Crippen LogP contribution >= 0.6 is 12.2 Å². The zero-order valence-electron chi connectivity index (χ0n) is 17.4. The smallest absolute Gasteiger partial charge is 0.265 e. The van der Waals surface area contributed by atoms with Crippen molar-refractivity contribution in [2.45, 2.75) is 6.54 Å². The molecule has 0 radical (unpaired) electrons. The number of methoxy groups -OCH3 is 1. The summed E-state index contributed by atoms with van der Waals surface area (Å²) in [7, 11) is 1.54. The molecule has 1 aliphatic heterocycles. The minimum absolute atomic E-state index is 0.0241. The Morgan fingerprint density at radius 3 is 2.62 bits per heavy atom. The fourth-order valence-electron chi connectivity index (χ4n) is 3.64. The van der Waals surface area contributed by atoms with Gasteiger partial charge in [0.1, 0.15) is 5.57 Å².